The molecule has 1 fully saturated rings. The Bertz CT molecular complexity index is 527. The van der Waals surface area contributed by atoms with Crippen LogP contribution in [0.5, 0.6) is 0 Å². The maximum Gasteiger partial charge on any atom is 0.304 e. The van der Waals surface area contributed by atoms with Gasteiger partial charge in [-0.2, -0.15) is 4.39 Å². The molecule has 2 rings (SSSR count). The highest BCUT2D eigenvalue weighted by molar-refractivity contribution is 5.35. The quantitative estimate of drug-likeness (QED) is 0.663. The lowest BCUT2D eigenvalue weighted by molar-refractivity contribution is -0.387. The molecule has 20 heavy (non-hydrogen) atoms. The van der Waals surface area contributed by atoms with Crippen LogP contribution in [-0.2, 0) is 6.54 Å². The third kappa shape index (κ3) is 2.42. The summed E-state index contributed by atoms with van der Waals surface area (Å²) in [5.74, 6) is -0.181. The fourth-order valence-corrected chi connectivity index (χ4v) is 3.01. The summed E-state index contributed by atoms with van der Waals surface area (Å²) >= 11 is 0. The van der Waals surface area contributed by atoms with E-state index in [1.54, 1.807) is 6.07 Å². The molecule has 5 heteroatoms. The van der Waals surface area contributed by atoms with E-state index in [9.17, 15) is 14.5 Å². The Kier molecular flexibility index (Phi) is 3.58. The third-order valence-electron chi connectivity index (χ3n) is 5.21. The molecule has 1 saturated carbocycles. The van der Waals surface area contributed by atoms with Gasteiger partial charge in [-0.15, -0.1) is 0 Å². The molecule has 1 aromatic carbocycles. The molecule has 0 saturated heterocycles. The van der Waals surface area contributed by atoms with Gasteiger partial charge in [0, 0.05) is 12.6 Å². The monoisotopic (exact) mass is 280 g/mol. The van der Waals surface area contributed by atoms with Crippen LogP contribution in [0.2, 0.25) is 0 Å². The first kappa shape index (κ1) is 14.9. The van der Waals surface area contributed by atoms with E-state index in [4.69, 9.17) is 0 Å². The molecule has 0 aromatic heterocycles. The molecule has 0 spiro atoms. The fourth-order valence-electron chi connectivity index (χ4n) is 3.01. The van der Waals surface area contributed by atoms with Crippen LogP contribution >= 0.6 is 0 Å². The number of benzene rings is 1. The molecule has 110 valence electrons. The van der Waals surface area contributed by atoms with Crippen molar-refractivity contribution in [2.24, 2.45) is 16.7 Å². The minimum Gasteiger partial charge on any atom is -0.312 e. The molecule has 0 bridgehead atoms. The van der Waals surface area contributed by atoms with E-state index in [0.29, 0.717) is 23.3 Å². The number of halogens is 1. The zero-order valence-corrected chi connectivity index (χ0v) is 12.4. The Morgan fingerprint density at radius 1 is 1.30 bits per heavy atom. The van der Waals surface area contributed by atoms with Gasteiger partial charge in [-0.05, 0) is 34.9 Å². The first-order valence-corrected chi connectivity index (χ1v) is 6.81. The zero-order chi connectivity index (χ0) is 15.1. The van der Waals surface area contributed by atoms with Crippen molar-refractivity contribution in [3.8, 4) is 0 Å². The standard InChI is InChI=1S/C15H21FN2O2/c1-14(2)13(15(14,3)4)9-17-8-10-5-6-12(18(19)20)11(16)7-10/h5-7,13,17H,8-9H2,1-4H3. The molecule has 0 radical (unpaired) electrons. The average Bonchev–Trinajstić information content (AvgIpc) is 2.71. The smallest absolute Gasteiger partial charge is 0.304 e. The van der Waals surface area contributed by atoms with Crippen molar-refractivity contribution in [2.75, 3.05) is 6.54 Å². The first-order valence-electron chi connectivity index (χ1n) is 6.81. The van der Waals surface area contributed by atoms with E-state index >= 15 is 0 Å². The van der Waals surface area contributed by atoms with Crippen molar-refractivity contribution < 1.29 is 9.31 Å². The second kappa shape index (κ2) is 4.81. The predicted octanol–water partition coefficient (Wildman–Crippen LogP) is 3.51. The number of hydrogen-bond donors (Lipinski definition) is 1. The molecule has 0 aliphatic heterocycles. The van der Waals surface area contributed by atoms with Crippen LogP contribution in [0, 0.1) is 32.7 Å². The number of rotatable bonds is 5. The number of hydrogen-bond acceptors (Lipinski definition) is 3. The lowest BCUT2D eigenvalue weighted by atomic mass is 10.0. The van der Waals surface area contributed by atoms with Gasteiger partial charge >= 0.3 is 5.69 Å². The molecule has 1 aliphatic rings. The van der Waals surface area contributed by atoms with E-state index in [1.165, 1.54) is 12.1 Å². The summed E-state index contributed by atoms with van der Waals surface area (Å²) in [6.07, 6.45) is 0. The van der Waals surface area contributed by atoms with Crippen molar-refractivity contribution in [2.45, 2.75) is 34.2 Å². The Labute approximate surface area is 118 Å². The van der Waals surface area contributed by atoms with E-state index in [0.717, 1.165) is 12.1 Å². The highest BCUT2D eigenvalue weighted by atomic mass is 19.1. The van der Waals surface area contributed by atoms with E-state index in [2.05, 4.69) is 33.0 Å². The van der Waals surface area contributed by atoms with Crippen LogP contribution in [0.3, 0.4) is 0 Å². The largest absolute Gasteiger partial charge is 0.312 e. The number of nitrogens with one attached hydrogen (secondary N) is 1. The summed E-state index contributed by atoms with van der Waals surface area (Å²) in [6, 6.07) is 4.04. The SMILES string of the molecule is CC1(C)C(CNCc2ccc([N+](=O)[O-])c(F)c2)C1(C)C. The molecule has 1 N–H and O–H groups in total. The van der Waals surface area contributed by atoms with Crippen molar-refractivity contribution in [1.29, 1.82) is 0 Å². The average molecular weight is 280 g/mol. The summed E-state index contributed by atoms with van der Waals surface area (Å²) < 4.78 is 13.5. The van der Waals surface area contributed by atoms with Gasteiger partial charge in [0.1, 0.15) is 0 Å². The van der Waals surface area contributed by atoms with Crippen molar-refractivity contribution >= 4 is 5.69 Å². The first-order chi connectivity index (χ1) is 9.18. The number of nitro groups is 1. The maximum atomic E-state index is 13.5. The van der Waals surface area contributed by atoms with Gasteiger partial charge in [-0.3, -0.25) is 10.1 Å². The molecule has 0 atom stereocenters. The predicted molar refractivity (Wildman–Crippen MR) is 75.8 cm³/mol. The summed E-state index contributed by atoms with van der Waals surface area (Å²) in [7, 11) is 0. The van der Waals surface area contributed by atoms with Crippen LogP contribution < -0.4 is 5.32 Å². The molecule has 4 nitrogen and oxygen atoms in total. The van der Waals surface area contributed by atoms with Gasteiger partial charge in [0.25, 0.3) is 0 Å². The third-order valence-corrected chi connectivity index (χ3v) is 5.21. The summed E-state index contributed by atoms with van der Waals surface area (Å²) in [5, 5.41) is 13.9. The topological polar surface area (TPSA) is 55.2 Å². The van der Waals surface area contributed by atoms with Crippen molar-refractivity contribution in [3.05, 3.63) is 39.7 Å². The maximum absolute atomic E-state index is 13.5. The molecule has 0 amide bonds. The zero-order valence-electron chi connectivity index (χ0n) is 12.4. The molecular formula is C15H21FN2O2. The van der Waals surface area contributed by atoms with Crippen LogP contribution in [-0.4, -0.2) is 11.5 Å². The highest BCUT2D eigenvalue weighted by Gasteiger charge is 2.63. The number of nitrogens with zero attached hydrogens (tertiary/aromatic N) is 1. The van der Waals surface area contributed by atoms with Crippen molar-refractivity contribution in [3.63, 3.8) is 0 Å². The second-order valence-electron chi connectivity index (χ2n) is 6.67. The minimum absolute atomic E-state index is 0.320. The Balaban J connectivity index is 1.90. The van der Waals surface area contributed by atoms with E-state index in [-0.39, 0.29) is 0 Å². The van der Waals surface area contributed by atoms with Gasteiger partial charge in [0.2, 0.25) is 5.82 Å². The van der Waals surface area contributed by atoms with Crippen LogP contribution in [0.1, 0.15) is 33.3 Å². The van der Waals surface area contributed by atoms with Gasteiger partial charge in [0.15, 0.2) is 0 Å². The normalized spacial score (nSPS) is 19.9. The molecule has 1 aliphatic carbocycles. The van der Waals surface area contributed by atoms with Gasteiger partial charge in [0.05, 0.1) is 4.92 Å². The van der Waals surface area contributed by atoms with Gasteiger partial charge in [-0.1, -0.05) is 33.8 Å². The van der Waals surface area contributed by atoms with Crippen molar-refractivity contribution in [1.82, 2.24) is 5.32 Å². The molecule has 1 aromatic rings. The van der Waals surface area contributed by atoms with Crippen LogP contribution in [0.25, 0.3) is 0 Å². The van der Waals surface area contributed by atoms with E-state index < -0.39 is 16.4 Å². The summed E-state index contributed by atoms with van der Waals surface area (Å²) in [4.78, 5) is 9.83. The minimum atomic E-state index is -0.776. The van der Waals surface area contributed by atoms with Gasteiger partial charge in [-0.25, -0.2) is 0 Å². The molecule has 0 heterocycles. The Morgan fingerprint density at radius 2 is 1.90 bits per heavy atom. The highest BCUT2D eigenvalue weighted by Crippen LogP contribution is 2.67. The Morgan fingerprint density at radius 3 is 2.35 bits per heavy atom. The second-order valence-corrected chi connectivity index (χ2v) is 6.67. The van der Waals surface area contributed by atoms with Crippen LogP contribution in [0.15, 0.2) is 18.2 Å². The van der Waals surface area contributed by atoms with Gasteiger partial charge < -0.3 is 5.32 Å². The Hall–Kier alpha value is -1.49. The van der Waals surface area contributed by atoms with E-state index in [1.807, 2.05) is 0 Å². The fraction of sp³-hybridized carbons (Fsp3) is 0.600. The lowest BCUT2D eigenvalue weighted by Crippen LogP contribution is -2.19. The molecule has 0 unspecified atom stereocenters. The van der Waals surface area contributed by atoms with Crippen LogP contribution in [0.4, 0.5) is 10.1 Å². The molecular weight excluding hydrogens is 259 g/mol. The lowest BCUT2D eigenvalue weighted by Gasteiger charge is -2.06. The number of nitro benzene ring substituents is 1. The summed E-state index contributed by atoms with van der Waals surface area (Å²) in [5.41, 5.74) is 0.893. The summed E-state index contributed by atoms with van der Waals surface area (Å²) in [6.45, 7) is 10.4.